The van der Waals surface area contributed by atoms with E-state index in [1.807, 2.05) is 33.2 Å². The van der Waals surface area contributed by atoms with E-state index in [-0.39, 0.29) is 5.56 Å². The van der Waals surface area contributed by atoms with Crippen LogP contribution in [0.2, 0.25) is 0 Å². The van der Waals surface area contributed by atoms with Crippen LogP contribution in [-0.2, 0) is 13.5 Å². The van der Waals surface area contributed by atoms with E-state index in [1.54, 1.807) is 27.6 Å². The lowest BCUT2D eigenvalue weighted by Gasteiger charge is -2.06. The van der Waals surface area contributed by atoms with Crippen molar-refractivity contribution in [1.82, 2.24) is 24.5 Å². The Morgan fingerprint density at radius 1 is 1.26 bits per heavy atom. The SMILES string of the molecule is Cc1nc(Cc2cn(C)nc2C)n(-c2cccc(C(=O)O)c2)n1. The number of aromatic carboxylic acids is 1. The van der Waals surface area contributed by atoms with Crippen LogP contribution in [0.25, 0.3) is 5.69 Å². The first-order valence-corrected chi connectivity index (χ1v) is 7.19. The molecule has 0 aliphatic heterocycles. The van der Waals surface area contributed by atoms with Crippen molar-refractivity contribution in [2.24, 2.45) is 7.05 Å². The lowest BCUT2D eigenvalue weighted by Crippen LogP contribution is -2.06. The minimum Gasteiger partial charge on any atom is -0.478 e. The molecule has 1 N–H and O–H groups in total. The average molecular weight is 311 g/mol. The van der Waals surface area contributed by atoms with E-state index in [2.05, 4.69) is 15.2 Å². The summed E-state index contributed by atoms with van der Waals surface area (Å²) in [5, 5.41) is 17.9. The standard InChI is InChI=1S/C16H17N5O2/c1-10-13(9-20(3)18-10)8-15-17-11(2)19-21(15)14-6-4-5-12(7-14)16(22)23/h4-7,9H,8H2,1-3H3,(H,22,23). The maximum atomic E-state index is 11.2. The molecule has 3 rings (SSSR count). The molecular formula is C16H17N5O2. The molecule has 0 unspecified atom stereocenters. The third-order valence-corrected chi connectivity index (χ3v) is 3.58. The van der Waals surface area contributed by atoms with Crippen LogP contribution >= 0.6 is 0 Å². The average Bonchev–Trinajstić information content (AvgIpc) is 3.02. The van der Waals surface area contributed by atoms with Crippen molar-refractivity contribution < 1.29 is 9.90 Å². The Balaban J connectivity index is 2.02. The molecule has 0 amide bonds. The van der Waals surface area contributed by atoms with Gasteiger partial charge in [-0.05, 0) is 32.0 Å². The summed E-state index contributed by atoms with van der Waals surface area (Å²) in [7, 11) is 1.88. The molecule has 1 aromatic carbocycles. The van der Waals surface area contributed by atoms with Gasteiger partial charge in [0.05, 0.1) is 16.9 Å². The highest BCUT2D eigenvalue weighted by molar-refractivity contribution is 5.88. The summed E-state index contributed by atoms with van der Waals surface area (Å²) >= 11 is 0. The predicted molar refractivity (Wildman–Crippen MR) is 83.8 cm³/mol. The van der Waals surface area contributed by atoms with Gasteiger partial charge in [-0.25, -0.2) is 14.5 Å². The number of rotatable bonds is 4. The van der Waals surface area contributed by atoms with Crippen LogP contribution in [0, 0.1) is 13.8 Å². The van der Waals surface area contributed by atoms with E-state index in [4.69, 9.17) is 5.11 Å². The van der Waals surface area contributed by atoms with Gasteiger partial charge in [0.15, 0.2) is 0 Å². The molecule has 23 heavy (non-hydrogen) atoms. The molecule has 2 aromatic heterocycles. The van der Waals surface area contributed by atoms with Gasteiger partial charge in [-0.3, -0.25) is 4.68 Å². The molecule has 0 saturated carbocycles. The van der Waals surface area contributed by atoms with Crippen LogP contribution in [-0.4, -0.2) is 35.6 Å². The van der Waals surface area contributed by atoms with Gasteiger partial charge < -0.3 is 5.11 Å². The first kappa shape index (κ1) is 15.0. The Hall–Kier alpha value is -2.96. The second-order valence-corrected chi connectivity index (χ2v) is 5.43. The predicted octanol–water partition coefficient (Wildman–Crippen LogP) is 1.91. The minimum atomic E-state index is -0.964. The van der Waals surface area contributed by atoms with Gasteiger partial charge in [0.1, 0.15) is 11.6 Å². The molecule has 2 heterocycles. The molecule has 0 radical (unpaired) electrons. The van der Waals surface area contributed by atoms with Gasteiger partial charge in [0, 0.05) is 25.2 Å². The molecule has 0 atom stereocenters. The number of benzene rings is 1. The van der Waals surface area contributed by atoms with Crippen molar-refractivity contribution in [3.63, 3.8) is 0 Å². The van der Waals surface area contributed by atoms with Crippen molar-refractivity contribution in [1.29, 1.82) is 0 Å². The lowest BCUT2D eigenvalue weighted by molar-refractivity contribution is 0.0697. The van der Waals surface area contributed by atoms with Crippen molar-refractivity contribution in [2.75, 3.05) is 0 Å². The molecule has 0 spiro atoms. The van der Waals surface area contributed by atoms with Crippen LogP contribution in [0.1, 0.15) is 33.3 Å². The fraction of sp³-hybridized carbons (Fsp3) is 0.250. The Morgan fingerprint density at radius 3 is 2.70 bits per heavy atom. The third-order valence-electron chi connectivity index (χ3n) is 3.58. The fourth-order valence-corrected chi connectivity index (χ4v) is 2.54. The van der Waals surface area contributed by atoms with Gasteiger partial charge in [0.25, 0.3) is 0 Å². The highest BCUT2D eigenvalue weighted by Crippen LogP contribution is 2.16. The maximum Gasteiger partial charge on any atom is 0.335 e. The zero-order chi connectivity index (χ0) is 16.6. The van der Waals surface area contributed by atoms with Gasteiger partial charge in [-0.2, -0.15) is 10.2 Å². The van der Waals surface area contributed by atoms with Crippen molar-refractivity contribution in [3.8, 4) is 5.69 Å². The Morgan fingerprint density at radius 2 is 2.04 bits per heavy atom. The number of aryl methyl sites for hydroxylation is 3. The van der Waals surface area contributed by atoms with Crippen molar-refractivity contribution >= 4 is 5.97 Å². The normalized spacial score (nSPS) is 10.9. The van der Waals surface area contributed by atoms with Gasteiger partial charge in [0.2, 0.25) is 0 Å². The third kappa shape index (κ3) is 2.98. The second kappa shape index (κ2) is 5.68. The number of carboxylic acids is 1. The van der Waals surface area contributed by atoms with E-state index < -0.39 is 5.97 Å². The topological polar surface area (TPSA) is 85.8 Å². The molecule has 0 bridgehead atoms. The molecule has 0 aliphatic rings. The number of hydrogen-bond acceptors (Lipinski definition) is 4. The van der Waals surface area contributed by atoms with Crippen LogP contribution < -0.4 is 0 Å². The molecule has 0 aliphatic carbocycles. The molecule has 3 aromatic rings. The van der Waals surface area contributed by atoms with E-state index in [0.717, 1.165) is 17.1 Å². The van der Waals surface area contributed by atoms with E-state index in [1.165, 1.54) is 0 Å². The van der Waals surface area contributed by atoms with Gasteiger partial charge in [-0.1, -0.05) is 6.07 Å². The molecule has 7 heteroatoms. The Kier molecular flexibility index (Phi) is 3.69. The summed E-state index contributed by atoms with van der Waals surface area (Å²) in [6.45, 7) is 3.77. The number of nitrogens with zero attached hydrogens (tertiary/aromatic N) is 5. The van der Waals surface area contributed by atoms with Crippen LogP contribution in [0.5, 0.6) is 0 Å². The molecular weight excluding hydrogens is 294 g/mol. The van der Waals surface area contributed by atoms with Gasteiger partial charge in [-0.15, -0.1) is 0 Å². The highest BCUT2D eigenvalue weighted by Gasteiger charge is 2.14. The minimum absolute atomic E-state index is 0.221. The van der Waals surface area contributed by atoms with E-state index in [9.17, 15) is 4.79 Å². The number of aromatic nitrogens is 5. The zero-order valence-corrected chi connectivity index (χ0v) is 13.2. The summed E-state index contributed by atoms with van der Waals surface area (Å²) in [5.41, 5.74) is 2.91. The number of hydrogen-bond donors (Lipinski definition) is 1. The lowest BCUT2D eigenvalue weighted by atomic mass is 10.1. The first-order valence-electron chi connectivity index (χ1n) is 7.19. The number of carbonyl (C=O) groups is 1. The van der Waals surface area contributed by atoms with Crippen molar-refractivity contribution in [2.45, 2.75) is 20.3 Å². The summed E-state index contributed by atoms with van der Waals surface area (Å²) in [6, 6.07) is 6.67. The smallest absolute Gasteiger partial charge is 0.335 e. The number of carboxylic acid groups (broad SMARTS) is 1. The largest absolute Gasteiger partial charge is 0.478 e. The van der Waals surface area contributed by atoms with E-state index >= 15 is 0 Å². The first-order chi connectivity index (χ1) is 10.9. The summed E-state index contributed by atoms with van der Waals surface area (Å²) < 4.78 is 3.46. The van der Waals surface area contributed by atoms with Gasteiger partial charge >= 0.3 is 5.97 Å². The second-order valence-electron chi connectivity index (χ2n) is 5.43. The molecule has 0 fully saturated rings. The summed E-state index contributed by atoms with van der Waals surface area (Å²) in [5.74, 6) is 0.428. The van der Waals surface area contributed by atoms with Crippen LogP contribution in [0.3, 0.4) is 0 Å². The quantitative estimate of drug-likeness (QED) is 0.795. The van der Waals surface area contributed by atoms with Crippen LogP contribution in [0.15, 0.2) is 30.5 Å². The van der Waals surface area contributed by atoms with Crippen LogP contribution in [0.4, 0.5) is 0 Å². The maximum absolute atomic E-state index is 11.2. The Bertz CT molecular complexity index is 878. The summed E-state index contributed by atoms with van der Waals surface area (Å²) in [6.07, 6.45) is 2.54. The fourth-order valence-electron chi connectivity index (χ4n) is 2.54. The highest BCUT2D eigenvalue weighted by atomic mass is 16.4. The Labute approximate surface area is 133 Å². The molecule has 7 nitrogen and oxygen atoms in total. The summed E-state index contributed by atoms with van der Waals surface area (Å²) in [4.78, 5) is 15.6. The monoisotopic (exact) mass is 311 g/mol. The molecule has 0 saturated heterocycles. The van der Waals surface area contributed by atoms with E-state index in [0.29, 0.717) is 17.9 Å². The zero-order valence-electron chi connectivity index (χ0n) is 13.2. The molecule has 118 valence electrons. The van der Waals surface area contributed by atoms with Crippen molar-refractivity contribution in [3.05, 3.63) is 58.9 Å².